The zero-order valence-electron chi connectivity index (χ0n) is 13.2. The molecule has 2 aromatic carbocycles. The first-order chi connectivity index (χ1) is 12.5. The molecule has 0 aliphatic heterocycles. The Morgan fingerprint density at radius 1 is 1.04 bits per heavy atom. The number of rotatable bonds is 3. The molecule has 0 aliphatic carbocycles. The molecule has 0 saturated carbocycles. The van der Waals surface area contributed by atoms with Crippen LogP contribution < -0.4 is 0 Å². The Bertz CT molecular complexity index is 1160. The van der Waals surface area contributed by atoms with Crippen molar-refractivity contribution in [3.63, 3.8) is 0 Å². The minimum Gasteiger partial charge on any atom is -0.508 e. The van der Waals surface area contributed by atoms with Gasteiger partial charge in [-0.05, 0) is 29.8 Å². The average Bonchev–Trinajstić information content (AvgIpc) is 3.11. The number of hydrogen-bond donors (Lipinski definition) is 3. The molecule has 8 heteroatoms. The summed E-state index contributed by atoms with van der Waals surface area (Å²) in [5.74, 6) is -0.425. The molecular formula is C18H12ClF2N3O2. The summed E-state index contributed by atoms with van der Waals surface area (Å²) in [6, 6.07) is 5.67. The minimum absolute atomic E-state index is 0.0390. The molecule has 26 heavy (non-hydrogen) atoms. The lowest BCUT2D eigenvalue weighted by Crippen LogP contribution is -1.97. The quantitative estimate of drug-likeness (QED) is 0.481. The molecule has 0 saturated heterocycles. The van der Waals surface area contributed by atoms with Gasteiger partial charge in [0.05, 0.1) is 16.9 Å². The molecule has 0 atom stereocenters. The third-order valence-corrected chi connectivity index (χ3v) is 4.64. The molecule has 3 N–H and O–H groups in total. The molecule has 2 heterocycles. The van der Waals surface area contributed by atoms with Crippen molar-refractivity contribution in [1.82, 2.24) is 15.2 Å². The number of aromatic nitrogens is 3. The van der Waals surface area contributed by atoms with Crippen molar-refractivity contribution in [2.75, 3.05) is 0 Å². The molecule has 4 rings (SSSR count). The predicted molar refractivity (Wildman–Crippen MR) is 94.8 cm³/mol. The molecule has 132 valence electrons. The van der Waals surface area contributed by atoms with Crippen molar-refractivity contribution in [2.45, 2.75) is 13.3 Å². The maximum absolute atomic E-state index is 13.7. The third kappa shape index (κ3) is 2.35. The zero-order valence-corrected chi connectivity index (χ0v) is 14.0. The summed E-state index contributed by atoms with van der Waals surface area (Å²) in [4.78, 5) is 4.49. The van der Waals surface area contributed by atoms with Crippen molar-refractivity contribution in [1.29, 1.82) is 0 Å². The Balaban J connectivity index is 2.23. The van der Waals surface area contributed by atoms with Gasteiger partial charge in [0.15, 0.2) is 5.65 Å². The van der Waals surface area contributed by atoms with Crippen molar-refractivity contribution >= 4 is 33.4 Å². The third-order valence-electron chi connectivity index (χ3n) is 4.34. The molecule has 0 amide bonds. The first-order valence-corrected chi connectivity index (χ1v) is 8.04. The SMILES string of the molecule is Oc1ccc(-c2nc3[nH]ncc3c3c(CF)c(O)cc(CF)c23)cc1Cl. The highest BCUT2D eigenvalue weighted by Gasteiger charge is 2.21. The average molecular weight is 376 g/mol. The van der Waals surface area contributed by atoms with Gasteiger partial charge in [-0.2, -0.15) is 5.10 Å². The van der Waals surface area contributed by atoms with Crippen LogP contribution in [-0.2, 0) is 13.3 Å². The molecular weight excluding hydrogens is 364 g/mol. The smallest absolute Gasteiger partial charge is 0.156 e. The number of fused-ring (bicyclic) bond motifs is 3. The summed E-state index contributed by atoms with van der Waals surface area (Å²) in [5.41, 5.74) is 1.43. The summed E-state index contributed by atoms with van der Waals surface area (Å²) in [6.07, 6.45) is 1.46. The fourth-order valence-corrected chi connectivity index (χ4v) is 3.33. The van der Waals surface area contributed by atoms with E-state index < -0.39 is 13.3 Å². The van der Waals surface area contributed by atoms with Gasteiger partial charge < -0.3 is 10.2 Å². The van der Waals surface area contributed by atoms with Crippen LogP contribution in [-0.4, -0.2) is 25.4 Å². The van der Waals surface area contributed by atoms with Crippen LogP contribution in [0.15, 0.2) is 30.5 Å². The van der Waals surface area contributed by atoms with Gasteiger partial charge in [-0.3, -0.25) is 5.10 Å². The van der Waals surface area contributed by atoms with E-state index in [2.05, 4.69) is 15.2 Å². The Morgan fingerprint density at radius 2 is 1.85 bits per heavy atom. The van der Waals surface area contributed by atoms with Crippen LogP contribution >= 0.6 is 11.6 Å². The van der Waals surface area contributed by atoms with E-state index in [-0.39, 0.29) is 27.6 Å². The minimum atomic E-state index is -0.936. The number of H-pyrrole nitrogens is 1. The number of pyridine rings is 1. The number of alkyl halides is 2. The highest BCUT2D eigenvalue weighted by Crippen LogP contribution is 2.41. The molecule has 0 fully saturated rings. The lowest BCUT2D eigenvalue weighted by Gasteiger charge is -2.15. The largest absolute Gasteiger partial charge is 0.508 e. The molecule has 0 bridgehead atoms. The maximum Gasteiger partial charge on any atom is 0.156 e. The number of hydrogen-bond acceptors (Lipinski definition) is 4. The fraction of sp³-hybridized carbons (Fsp3) is 0.111. The molecule has 0 spiro atoms. The lowest BCUT2D eigenvalue weighted by atomic mass is 9.94. The monoisotopic (exact) mass is 375 g/mol. The Labute approximate surface area is 150 Å². The van der Waals surface area contributed by atoms with E-state index in [1.54, 1.807) is 6.07 Å². The standard InChI is InChI=1S/C18H12ClF2N3O2/c19-12-3-8(1-2-13(12)25)17-15-9(5-20)4-14(26)10(6-21)16(15)11-7-22-24-18(11)23-17/h1-4,7,25-26H,5-6H2,(H,22,23,24). The van der Waals surface area contributed by atoms with Crippen LogP contribution in [0.4, 0.5) is 8.78 Å². The van der Waals surface area contributed by atoms with E-state index in [0.717, 1.165) is 0 Å². The van der Waals surface area contributed by atoms with Gasteiger partial charge in [-0.25, -0.2) is 13.8 Å². The summed E-state index contributed by atoms with van der Waals surface area (Å²) in [7, 11) is 0. The van der Waals surface area contributed by atoms with Crippen LogP contribution in [0.3, 0.4) is 0 Å². The van der Waals surface area contributed by atoms with Gasteiger partial charge in [-0.1, -0.05) is 11.6 Å². The predicted octanol–water partition coefficient (Wildman–Crippen LogP) is 4.78. The molecule has 0 unspecified atom stereocenters. The molecule has 2 aromatic heterocycles. The van der Waals surface area contributed by atoms with Gasteiger partial charge >= 0.3 is 0 Å². The summed E-state index contributed by atoms with van der Waals surface area (Å²) >= 11 is 6.00. The molecule has 5 nitrogen and oxygen atoms in total. The highest BCUT2D eigenvalue weighted by molar-refractivity contribution is 6.32. The van der Waals surface area contributed by atoms with Gasteiger partial charge in [0.25, 0.3) is 0 Å². The zero-order chi connectivity index (χ0) is 18.4. The van der Waals surface area contributed by atoms with Crippen molar-refractivity contribution in [3.8, 4) is 22.8 Å². The fourth-order valence-electron chi connectivity index (χ4n) is 3.15. The number of aromatic amines is 1. The van der Waals surface area contributed by atoms with Crippen LogP contribution in [0, 0.1) is 0 Å². The molecule has 0 radical (unpaired) electrons. The molecule has 0 aliphatic rings. The second-order valence-electron chi connectivity index (χ2n) is 5.81. The van der Waals surface area contributed by atoms with Crippen LogP contribution in [0.1, 0.15) is 11.1 Å². The Hall–Kier alpha value is -2.93. The van der Waals surface area contributed by atoms with Crippen molar-refractivity contribution in [3.05, 3.63) is 46.6 Å². The molecule has 4 aromatic rings. The summed E-state index contributed by atoms with van der Waals surface area (Å²) < 4.78 is 27.4. The normalized spacial score (nSPS) is 11.5. The number of halogens is 3. The topological polar surface area (TPSA) is 82.0 Å². The number of aromatic hydroxyl groups is 2. The van der Waals surface area contributed by atoms with Crippen molar-refractivity contribution < 1.29 is 19.0 Å². The number of phenolic OH excluding ortho intramolecular Hbond substituents is 2. The second kappa shape index (κ2) is 6.10. The van der Waals surface area contributed by atoms with E-state index >= 15 is 0 Å². The second-order valence-corrected chi connectivity index (χ2v) is 6.22. The number of nitrogens with one attached hydrogen (secondary N) is 1. The van der Waals surface area contributed by atoms with Crippen LogP contribution in [0.5, 0.6) is 11.5 Å². The van der Waals surface area contributed by atoms with E-state index in [1.807, 2.05) is 0 Å². The highest BCUT2D eigenvalue weighted by atomic mass is 35.5. The van der Waals surface area contributed by atoms with E-state index in [4.69, 9.17) is 11.6 Å². The van der Waals surface area contributed by atoms with Gasteiger partial charge in [-0.15, -0.1) is 0 Å². The van der Waals surface area contributed by atoms with Crippen LogP contribution in [0.2, 0.25) is 5.02 Å². The lowest BCUT2D eigenvalue weighted by molar-refractivity contribution is 0.432. The van der Waals surface area contributed by atoms with Crippen molar-refractivity contribution in [2.24, 2.45) is 0 Å². The number of nitrogens with zero attached hydrogens (tertiary/aromatic N) is 2. The summed E-state index contributed by atoms with van der Waals surface area (Å²) in [5, 5.41) is 27.7. The first-order valence-electron chi connectivity index (χ1n) is 7.66. The number of benzene rings is 2. The van der Waals surface area contributed by atoms with E-state index in [1.165, 1.54) is 24.4 Å². The maximum atomic E-state index is 13.7. The first kappa shape index (κ1) is 16.5. The van der Waals surface area contributed by atoms with Gasteiger partial charge in [0.2, 0.25) is 0 Å². The van der Waals surface area contributed by atoms with E-state index in [0.29, 0.717) is 33.1 Å². The number of phenols is 2. The van der Waals surface area contributed by atoms with Gasteiger partial charge in [0.1, 0.15) is 24.8 Å². The van der Waals surface area contributed by atoms with E-state index in [9.17, 15) is 19.0 Å². The van der Waals surface area contributed by atoms with Gasteiger partial charge in [0, 0.05) is 27.3 Å². The Morgan fingerprint density at radius 3 is 2.54 bits per heavy atom. The summed E-state index contributed by atoms with van der Waals surface area (Å²) in [6.45, 7) is -1.81. The Kier molecular flexibility index (Phi) is 3.88. The van der Waals surface area contributed by atoms with Crippen LogP contribution in [0.25, 0.3) is 33.1 Å².